The van der Waals surface area contributed by atoms with Crippen molar-refractivity contribution in [1.82, 2.24) is 9.80 Å². The quantitative estimate of drug-likeness (QED) is 0.801. The molecule has 0 spiro atoms. The lowest BCUT2D eigenvalue weighted by Gasteiger charge is -2.49. The van der Waals surface area contributed by atoms with Crippen LogP contribution in [-0.2, 0) is 0 Å². The van der Waals surface area contributed by atoms with Gasteiger partial charge in [0.1, 0.15) is 0 Å². The summed E-state index contributed by atoms with van der Waals surface area (Å²) < 4.78 is 0. The smallest absolute Gasteiger partial charge is 0.0307 e. The lowest BCUT2D eigenvalue weighted by atomic mass is 9.75. The maximum absolute atomic E-state index is 6.13. The highest BCUT2D eigenvalue weighted by Crippen LogP contribution is 2.36. The normalized spacial score (nSPS) is 27.8. The fraction of sp³-hybridized carbons (Fsp3) is 1.00. The van der Waals surface area contributed by atoms with Gasteiger partial charge in [0.15, 0.2) is 0 Å². The number of nitrogens with zero attached hydrogens (tertiary/aromatic N) is 2. The van der Waals surface area contributed by atoms with Crippen molar-refractivity contribution in [3.8, 4) is 0 Å². The first-order valence-corrected chi connectivity index (χ1v) is 8.28. The molecule has 3 heteroatoms. The Kier molecular flexibility index (Phi) is 5.27. The number of hydrogen-bond donors (Lipinski definition) is 1. The van der Waals surface area contributed by atoms with Crippen LogP contribution >= 0.6 is 0 Å². The van der Waals surface area contributed by atoms with Crippen molar-refractivity contribution in [3.05, 3.63) is 0 Å². The molecule has 2 atom stereocenters. The fourth-order valence-electron chi connectivity index (χ4n) is 3.62. The average molecular weight is 267 g/mol. The van der Waals surface area contributed by atoms with Crippen LogP contribution in [0.2, 0.25) is 0 Å². The molecule has 0 aromatic heterocycles. The zero-order valence-corrected chi connectivity index (χ0v) is 13.2. The van der Waals surface area contributed by atoms with Crippen molar-refractivity contribution >= 4 is 0 Å². The van der Waals surface area contributed by atoms with Gasteiger partial charge < -0.3 is 5.73 Å². The molecule has 112 valence electrons. The predicted molar refractivity (Wildman–Crippen MR) is 82.3 cm³/mol. The molecule has 19 heavy (non-hydrogen) atoms. The highest BCUT2D eigenvalue weighted by atomic mass is 15.3. The van der Waals surface area contributed by atoms with Gasteiger partial charge in [-0.3, -0.25) is 9.80 Å². The van der Waals surface area contributed by atoms with Gasteiger partial charge in [0.2, 0.25) is 0 Å². The molecule has 0 aromatic rings. The molecular formula is C16H33N3. The third-order valence-electron chi connectivity index (χ3n) is 5.68. The Hall–Kier alpha value is -0.120. The van der Waals surface area contributed by atoms with Gasteiger partial charge >= 0.3 is 0 Å². The lowest BCUT2D eigenvalue weighted by molar-refractivity contribution is 0.0121. The van der Waals surface area contributed by atoms with E-state index in [1.807, 2.05) is 0 Å². The van der Waals surface area contributed by atoms with E-state index in [1.54, 1.807) is 0 Å². The van der Waals surface area contributed by atoms with Crippen LogP contribution in [0.15, 0.2) is 0 Å². The molecule has 0 amide bonds. The minimum Gasteiger partial charge on any atom is -0.329 e. The molecule has 2 rings (SSSR count). The SMILES string of the molecule is CCC(C)N1CCN(C(C)(CN)CC2CCC2)CC1. The van der Waals surface area contributed by atoms with Gasteiger partial charge in [-0.1, -0.05) is 26.2 Å². The largest absolute Gasteiger partial charge is 0.329 e. The Labute approximate surface area is 119 Å². The third kappa shape index (κ3) is 3.50. The van der Waals surface area contributed by atoms with E-state index in [-0.39, 0.29) is 5.54 Å². The van der Waals surface area contributed by atoms with E-state index in [0.29, 0.717) is 0 Å². The van der Waals surface area contributed by atoms with Crippen LogP contribution in [-0.4, -0.2) is 54.1 Å². The van der Waals surface area contributed by atoms with Gasteiger partial charge in [-0.05, 0) is 32.6 Å². The summed E-state index contributed by atoms with van der Waals surface area (Å²) in [5, 5.41) is 0. The maximum atomic E-state index is 6.13. The third-order valence-corrected chi connectivity index (χ3v) is 5.68. The molecule has 0 radical (unpaired) electrons. The highest BCUT2D eigenvalue weighted by Gasteiger charge is 2.36. The fourth-order valence-corrected chi connectivity index (χ4v) is 3.62. The second-order valence-corrected chi connectivity index (χ2v) is 6.98. The highest BCUT2D eigenvalue weighted by molar-refractivity contribution is 4.93. The van der Waals surface area contributed by atoms with Crippen molar-refractivity contribution in [2.75, 3.05) is 32.7 Å². The molecule has 2 fully saturated rings. The molecular weight excluding hydrogens is 234 g/mol. The molecule has 0 aromatic carbocycles. The van der Waals surface area contributed by atoms with Crippen molar-refractivity contribution in [1.29, 1.82) is 0 Å². The summed E-state index contributed by atoms with van der Waals surface area (Å²) >= 11 is 0. The zero-order chi connectivity index (χ0) is 13.9. The molecule has 0 bridgehead atoms. The first-order valence-electron chi connectivity index (χ1n) is 8.28. The number of piperazine rings is 1. The Balaban J connectivity index is 1.86. The van der Waals surface area contributed by atoms with Crippen molar-refractivity contribution in [2.45, 2.75) is 64.5 Å². The number of nitrogens with two attached hydrogens (primary N) is 1. The van der Waals surface area contributed by atoms with Crippen molar-refractivity contribution in [3.63, 3.8) is 0 Å². The summed E-state index contributed by atoms with van der Waals surface area (Å²) in [5.41, 5.74) is 6.37. The molecule has 1 aliphatic heterocycles. The van der Waals surface area contributed by atoms with E-state index in [4.69, 9.17) is 5.73 Å². The topological polar surface area (TPSA) is 32.5 Å². The Morgan fingerprint density at radius 3 is 2.26 bits per heavy atom. The van der Waals surface area contributed by atoms with Crippen LogP contribution < -0.4 is 5.73 Å². The molecule has 1 saturated heterocycles. The maximum Gasteiger partial charge on any atom is 0.0307 e. The van der Waals surface area contributed by atoms with Gasteiger partial charge in [-0.25, -0.2) is 0 Å². The first-order chi connectivity index (χ1) is 9.09. The van der Waals surface area contributed by atoms with Crippen molar-refractivity contribution < 1.29 is 0 Å². The lowest BCUT2D eigenvalue weighted by Crippen LogP contribution is -2.60. The first kappa shape index (κ1) is 15.3. The van der Waals surface area contributed by atoms with Crippen LogP contribution in [0.25, 0.3) is 0 Å². The summed E-state index contributed by atoms with van der Waals surface area (Å²) in [6.07, 6.45) is 6.88. The molecule has 1 aliphatic carbocycles. The molecule has 3 nitrogen and oxygen atoms in total. The standard InChI is InChI=1S/C16H33N3/c1-4-14(2)18-8-10-19(11-9-18)16(3,13-17)12-15-6-5-7-15/h14-15H,4-13,17H2,1-3H3. The van der Waals surface area contributed by atoms with Gasteiger partial charge in [0, 0.05) is 44.3 Å². The molecule has 2 aliphatic rings. The van der Waals surface area contributed by atoms with Gasteiger partial charge in [0.05, 0.1) is 0 Å². The van der Waals surface area contributed by atoms with Crippen LogP contribution in [0.4, 0.5) is 0 Å². The summed E-state index contributed by atoms with van der Waals surface area (Å²) in [4.78, 5) is 5.31. The van der Waals surface area contributed by atoms with Crippen LogP contribution in [0, 0.1) is 5.92 Å². The summed E-state index contributed by atoms with van der Waals surface area (Å²) in [5.74, 6) is 0.946. The van der Waals surface area contributed by atoms with E-state index in [9.17, 15) is 0 Å². The summed E-state index contributed by atoms with van der Waals surface area (Å²) in [7, 11) is 0. The molecule has 1 saturated carbocycles. The van der Waals surface area contributed by atoms with E-state index in [2.05, 4.69) is 30.6 Å². The number of hydrogen-bond acceptors (Lipinski definition) is 3. The van der Waals surface area contributed by atoms with E-state index in [0.717, 1.165) is 18.5 Å². The minimum absolute atomic E-state index is 0.243. The Morgan fingerprint density at radius 1 is 1.21 bits per heavy atom. The average Bonchev–Trinajstić information content (AvgIpc) is 2.42. The minimum atomic E-state index is 0.243. The molecule has 1 heterocycles. The van der Waals surface area contributed by atoms with E-state index in [1.165, 1.54) is 58.3 Å². The number of rotatable bonds is 6. The second kappa shape index (κ2) is 6.55. The second-order valence-electron chi connectivity index (χ2n) is 6.98. The monoisotopic (exact) mass is 267 g/mol. The van der Waals surface area contributed by atoms with Crippen molar-refractivity contribution in [2.24, 2.45) is 11.7 Å². The molecule has 2 N–H and O–H groups in total. The summed E-state index contributed by atoms with van der Waals surface area (Å²) in [6.45, 7) is 12.7. The molecule has 2 unspecified atom stereocenters. The van der Waals surface area contributed by atoms with Gasteiger partial charge in [-0.2, -0.15) is 0 Å². The van der Waals surface area contributed by atoms with Crippen LogP contribution in [0.1, 0.15) is 52.9 Å². The summed E-state index contributed by atoms with van der Waals surface area (Å²) in [6, 6.07) is 0.734. The van der Waals surface area contributed by atoms with Gasteiger partial charge in [0.25, 0.3) is 0 Å². The van der Waals surface area contributed by atoms with Gasteiger partial charge in [-0.15, -0.1) is 0 Å². The Morgan fingerprint density at radius 2 is 1.84 bits per heavy atom. The van der Waals surface area contributed by atoms with E-state index < -0.39 is 0 Å². The van der Waals surface area contributed by atoms with E-state index >= 15 is 0 Å². The zero-order valence-electron chi connectivity index (χ0n) is 13.2. The van der Waals surface area contributed by atoms with Crippen LogP contribution in [0.3, 0.4) is 0 Å². The Bertz CT molecular complexity index is 269. The predicted octanol–water partition coefficient (Wildman–Crippen LogP) is 2.31. The van der Waals surface area contributed by atoms with Crippen LogP contribution in [0.5, 0.6) is 0 Å².